The summed E-state index contributed by atoms with van der Waals surface area (Å²) in [6.45, 7) is 6.74. The predicted molar refractivity (Wildman–Crippen MR) is 69.9 cm³/mol. The molecule has 0 atom stereocenters. The Morgan fingerprint density at radius 3 is 2.28 bits per heavy atom. The van der Waals surface area contributed by atoms with Gasteiger partial charge in [0, 0.05) is 13.1 Å². The molecule has 1 rings (SSSR count). The van der Waals surface area contributed by atoms with E-state index in [1.807, 2.05) is 0 Å². The highest BCUT2D eigenvalue weighted by molar-refractivity contribution is 6.50. The largest absolute Gasteiger partial charge is 1.00 e. The highest BCUT2D eigenvalue weighted by Crippen LogP contribution is 2.08. The number of halogens is 4. The summed E-state index contributed by atoms with van der Waals surface area (Å²) < 4.78 is 39.0. The molecule has 1 aliphatic rings. The molecule has 6 heteroatoms. The Balaban J connectivity index is 0. The Labute approximate surface area is 108 Å². The van der Waals surface area contributed by atoms with Crippen molar-refractivity contribution in [3.8, 4) is 0 Å². The number of hydrogen-bond donors (Lipinski definition) is 0. The number of allylic oxidation sites excluding steroid dienone is 2. The Bertz CT molecular complexity index is 273. The summed E-state index contributed by atoms with van der Waals surface area (Å²) in [4.78, 5) is 2.39. The van der Waals surface area contributed by atoms with Crippen LogP contribution in [0.4, 0.5) is 17.3 Å². The lowest BCUT2D eigenvalue weighted by Gasteiger charge is -2.21. The summed E-state index contributed by atoms with van der Waals surface area (Å²) in [5.41, 5.74) is 1.39. The summed E-state index contributed by atoms with van der Waals surface area (Å²) in [6, 6.07) is 0. The lowest BCUT2D eigenvalue weighted by molar-refractivity contribution is 0.368. The maximum Gasteiger partial charge on any atom is 1.00 e. The number of rotatable bonds is 5. The Morgan fingerprint density at radius 1 is 1.22 bits per heavy atom. The normalized spacial score (nSPS) is 15.0. The van der Waals surface area contributed by atoms with Crippen molar-refractivity contribution >= 4 is 7.25 Å². The van der Waals surface area contributed by atoms with Crippen molar-refractivity contribution in [1.82, 2.24) is 4.90 Å². The van der Waals surface area contributed by atoms with Gasteiger partial charge in [0.25, 0.3) is 0 Å². The summed E-state index contributed by atoms with van der Waals surface area (Å²) in [5, 5.41) is 0. The van der Waals surface area contributed by atoms with Gasteiger partial charge in [0.1, 0.15) is 0 Å². The molecule has 0 aromatic heterocycles. The minimum absolute atomic E-state index is 0. The van der Waals surface area contributed by atoms with Crippen molar-refractivity contribution in [2.45, 2.75) is 39.5 Å². The molecule has 0 fully saturated rings. The lowest BCUT2D eigenvalue weighted by atomic mass is 10.2. The second-order valence-electron chi connectivity index (χ2n) is 4.31. The van der Waals surface area contributed by atoms with Crippen LogP contribution in [0.1, 0.15) is 41.0 Å². The zero-order chi connectivity index (χ0) is 14.0. The zero-order valence-corrected chi connectivity index (χ0v) is 11.0. The molecule has 0 N–H and O–H groups in total. The van der Waals surface area contributed by atoms with Crippen LogP contribution < -0.4 is 0 Å². The molecular formula is C12H22BF4N. The fourth-order valence-corrected chi connectivity index (χ4v) is 1.52. The van der Waals surface area contributed by atoms with Crippen molar-refractivity contribution < 1.29 is 18.7 Å². The van der Waals surface area contributed by atoms with Crippen molar-refractivity contribution in [1.29, 1.82) is 0 Å². The molecule has 0 aliphatic carbocycles. The SMILES string of the molecule is CCCCCCN1C=CC(C)=CC1.F[B-](F)(F)F.[H+]. The van der Waals surface area contributed by atoms with E-state index in [9.17, 15) is 17.3 Å². The number of hydrogen-bond acceptors (Lipinski definition) is 1. The van der Waals surface area contributed by atoms with E-state index in [0.717, 1.165) is 6.54 Å². The Kier molecular flexibility index (Phi) is 8.59. The molecule has 0 saturated heterocycles. The lowest BCUT2D eigenvalue weighted by Crippen LogP contribution is -2.20. The van der Waals surface area contributed by atoms with Crippen LogP contribution in [0.5, 0.6) is 0 Å². The number of nitrogens with zero attached hydrogens (tertiary/aromatic N) is 1. The van der Waals surface area contributed by atoms with Crippen LogP contribution in [-0.4, -0.2) is 25.2 Å². The third kappa shape index (κ3) is 13.1. The number of unbranched alkanes of at least 4 members (excludes halogenated alkanes) is 3. The van der Waals surface area contributed by atoms with Gasteiger partial charge < -0.3 is 22.2 Å². The molecule has 0 aromatic rings. The first-order valence-corrected chi connectivity index (χ1v) is 6.29. The van der Waals surface area contributed by atoms with Gasteiger partial charge in [0.05, 0.1) is 0 Å². The van der Waals surface area contributed by atoms with Crippen molar-refractivity contribution in [2.24, 2.45) is 0 Å². The molecule has 1 nitrogen and oxygen atoms in total. The van der Waals surface area contributed by atoms with Gasteiger partial charge in [-0.15, -0.1) is 0 Å². The van der Waals surface area contributed by atoms with E-state index in [1.165, 1.54) is 37.8 Å². The van der Waals surface area contributed by atoms with Gasteiger partial charge in [-0.1, -0.05) is 37.8 Å². The van der Waals surface area contributed by atoms with E-state index in [2.05, 4.69) is 37.1 Å². The smallest absolute Gasteiger partial charge is 0.418 e. The van der Waals surface area contributed by atoms with E-state index in [-0.39, 0.29) is 1.43 Å². The van der Waals surface area contributed by atoms with Gasteiger partial charge in [0.2, 0.25) is 0 Å². The third-order valence-corrected chi connectivity index (χ3v) is 2.49. The minimum Gasteiger partial charge on any atom is -0.418 e. The van der Waals surface area contributed by atoms with E-state index >= 15 is 0 Å². The van der Waals surface area contributed by atoms with Gasteiger partial charge in [-0.2, -0.15) is 0 Å². The van der Waals surface area contributed by atoms with Crippen LogP contribution in [0.3, 0.4) is 0 Å². The summed E-state index contributed by atoms with van der Waals surface area (Å²) in [6.07, 6.45) is 12.1. The van der Waals surface area contributed by atoms with E-state index in [4.69, 9.17) is 0 Å². The van der Waals surface area contributed by atoms with Crippen molar-refractivity contribution in [3.05, 3.63) is 23.9 Å². The second-order valence-corrected chi connectivity index (χ2v) is 4.31. The first-order chi connectivity index (χ1) is 8.33. The molecule has 0 radical (unpaired) electrons. The van der Waals surface area contributed by atoms with Gasteiger partial charge >= 0.3 is 8.68 Å². The highest BCUT2D eigenvalue weighted by Gasteiger charge is 2.20. The Morgan fingerprint density at radius 2 is 1.83 bits per heavy atom. The minimum atomic E-state index is -6.00. The highest BCUT2D eigenvalue weighted by atomic mass is 19.5. The van der Waals surface area contributed by atoms with E-state index in [1.54, 1.807) is 0 Å². The molecule has 1 aliphatic heterocycles. The molecule has 0 spiro atoms. The molecule has 1 heterocycles. The van der Waals surface area contributed by atoms with E-state index in [0.29, 0.717) is 0 Å². The second kappa shape index (κ2) is 9.06. The molecule has 0 saturated carbocycles. The van der Waals surface area contributed by atoms with Crippen LogP contribution >= 0.6 is 0 Å². The third-order valence-electron chi connectivity index (χ3n) is 2.49. The summed E-state index contributed by atoms with van der Waals surface area (Å²) in [7, 11) is -6.00. The van der Waals surface area contributed by atoms with Crippen LogP contribution in [0, 0.1) is 0 Å². The van der Waals surface area contributed by atoms with Crippen LogP contribution in [0.15, 0.2) is 23.9 Å². The van der Waals surface area contributed by atoms with Gasteiger partial charge in [0.15, 0.2) is 0 Å². The zero-order valence-electron chi connectivity index (χ0n) is 12.0. The van der Waals surface area contributed by atoms with Crippen LogP contribution in [-0.2, 0) is 0 Å². The average Bonchev–Trinajstić information content (AvgIpc) is 2.25. The maximum atomic E-state index is 9.75. The average molecular weight is 267 g/mol. The first kappa shape index (κ1) is 17.1. The monoisotopic (exact) mass is 267 g/mol. The molecule has 0 unspecified atom stereocenters. The molecule has 106 valence electrons. The van der Waals surface area contributed by atoms with Gasteiger partial charge in [-0.05, 0) is 25.6 Å². The van der Waals surface area contributed by atoms with Crippen molar-refractivity contribution in [3.63, 3.8) is 0 Å². The Hall–Kier alpha value is -0.935. The molecule has 0 aromatic carbocycles. The first-order valence-electron chi connectivity index (χ1n) is 6.29. The molecule has 18 heavy (non-hydrogen) atoms. The van der Waals surface area contributed by atoms with Crippen molar-refractivity contribution in [2.75, 3.05) is 13.1 Å². The standard InChI is InChI=1S/C12H21N.BF4/c1-3-4-5-6-9-13-10-7-12(2)8-11-13;2-1(3,4)5/h7-8,10H,3-6,9,11H2,1-2H3;/q;-1/p+1. The van der Waals surface area contributed by atoms with Gasteiger partial charge in [-0.25, -0.2) is 0 Å². The van der Waals surface area contributed by atoms with Crippen LogP contribution in [0.25, 0.3) is 0 Å². The predicted octanol–water partition coefficient (Wildman–Crippen LogP) is 4.75. The summed E-state index contributed by atoms with van der Waals surface area (Å²) >= 11 is 0. The quantitative estimate of drug-likeness (QED) is 0.394. The maximum absolute atomic E-state index is 9.75. The molecule has 0 amide bonds. The molecular weight excluding hydrogens is 245 g/mol. The van der Waals surface area contributed by atoms with Gasteiger partial charge in [-0.3, -0.25) is 0 Å². The van der Waals surface area contributed by atoms with E-state index < -0.39 is 7.25 Å². The topological polar surface area (TPSA) is 3.24 Å². The fourth-order valence-electron chi connectivity index (χ4n) is 1.52. The molecule has 0 bridgehead atoms. The summed E-state index contributed by atoms with van der Waals surface area (Å²) in [5.74, 6) is 0. The fraction of sp³-hybridized carbons (Fsp3) is 0.667. The van der Waals surface area contributed by atoms with Crippen LogP contribution in [0.2, 0.25) is 0 Å².